The Hall–Kier alpha value is -1.60. The molecule has 1 aliphatic rings. The molecule has 0 unspecified atom stereocenters. The lowest BCUT2D eigenvalue weighted by atomic mass is 9.98. The fraction of sp³-hybridized carbons (Fsp3) is 0.188. The molecule has 0 saturated heterocycles. The first-order chi connectivity index (χ1) is 8.75. The minimum Gasteiger partial charge on any atom is -0.281 e. The van der Waals surface area contributed by atoms with Gasteiger partial charge in [-0.3, -0.25) is 4.79 Å². The van der Waals surface area contributed by atoms with Crippen molar-refractivity contribution in [2.45, 2.75) is 19.3 Å². The van der Waals surface area contributed by atoms with Gasteiger partial charge in [-0.25, -0.2) is 0 Å². The molecule has 2 heteroatoms. The third kappa shape index (κ3) is 1.95. The molecule has 90 valence electrons. The molecule has 0 atom stereocenters. The van der Waals surface area contributed by atoms with Gasteiger partial charge in [0.1, 0.15) is 0 Å². The summed E-state index contributed by atoms with van der Waals surface area (Å²) in [6, 6.07) is 14.8. The Kier molecular flexibility index (Phi) is 2.92. The molecule has 0 heterocycles. The second-order valence-corrected chi connectivity index (χ2v) is 5.05. The van der Waals surface area contributed by atoms with Crippen molar-refractivity contribution < 1.29 is 4.79 Å². The van der Waals surface area contributed by atoms with Crippen molar-refractivity contribution in [3.8, 4) is 11.1 Å². The van der Waals surface area contributed by atoms with Crippen LogP contribution in [0.5, 0.6) is 0 Å². The number of rotatable bonds is 3. The lowest BCUT2D eigenvalue weighted by Crippen LogP contribution is -1.96. The number of hydrogen-bond acceptors (Lipinski definition) is 1. The fourth-order valence-corrected chi connectivity index (χ4v) is 2.79. The van der Waals surface area contributed by atoms with Gasteiger partial charge < -0.3 is 0 Å². The van der Waals surface area contributed by atoms with Crippen LogP contribution in [0.25, 0.3) is 11.1 Å². The van der Waals surface area contributed by atoms with E-state index in [0.717, 1.165) is 12.8 Å². The molecule has 0 saturated carbocycles. The van der Waals surface area contributed by atoms with Crippen LogP contribution >= 0.6 is 11.6 Å². The Morgan fingerprint density at radius 2 is 1.83 bits per heavy atom. The zero-order valence-corrected chi connectivity index (χ0v) is 10.7. The SMILES string of the molecule is O=C(Cl)CCc1cccc2c1Cc1ccccc1-2. The summed E-state index contributed by atoms with van der Waals surface area (Å²) >= 11 is 5.43. The van der Waals surface area contributed by atoms with Crippen LogP contribution in [0.15, 0.2) is 42.5 Å². The molecule has 1 nitrogen and oxygen atoms in total. The minimum absolute atomic E-state index is 0.261. The number of carbonyl (C=O) groups is 1. The Bertz CT molecular complexity index is 616. The van der Waals surface area contributed by atoms with Gasteiger partial charge >= 0.3 is 0 Å². The number of fused-ring (bicyclic) bond motifs is 3. The fourth-order valence-electron chi connectivity index (χ4n) is 2.69. The number of hydrogen-bond donors (Lipinski definition) is 0. The summed E-state index contributed by atoms with van der Waals surface area (Å²) in [5, 5.41) is -0.261. The van der Waals surface area contributed by atoms with Crippen LogP contribution in [-0.4, -0.2) is 5.24 Å². The van der Waals surface area contributed by atoms with Crippen LogP contribution in [0, 0.1) is 0 Å². The van der Waals surface area contributed by atoms with E-state index in [-0.39, 0.29) is 5.24 Å². The second-order valence-electron chi connectivity index (χ2n) is 4.63. The van der Waals surface area contributed by atoms with E-state index in [2.05, 4.69) is 42.5 Å². The smallest absolute Gasteiger partial charge is 0.221 e. The van der Waals surface area contributed by atoms with E-state index in [1.807, 2.05) is 0 Å². The molecule has 0 aromatic heterocycles. The highest BCUT2D eigenvalue weighted by molar-refractivity contribution is 6.63. The molecule has 3 rings (SSSR count). The number of benzene rings is 2. The van der Waals surface area contributed by atoms with Crippen LogP contribution in [-0.2, 0) is 17.6 Å². The first-order valence-electron chi connectivity index (χ1n) is 6.13. The van der Waals surface area contributed by atoms with Gasteiger partial charge in [-0.2, -0.15) is 0 Å². The second kappa shape index (κ2) is 4.58. The highest BCUT2D eigenvalue weighted by atomic mass is 35.5. The predicted molar refractivity (Wildman–Crippen MR) is 73.9 cm³/mol. The largest absolute Gasteiger partial charge is 0.281 e. The van der Waals surface area contributed by atoms with Crippen molar-refractivity contribution in [3.63, 3.8) is 0 Å². The highest BCUT2D eigenvalue weighted by Gasteiger charge is 2.20. The van der Waals surface area contributed by atoms with Crippen LogP contribution in [0.1, 0.15) is 23.1 Å². The summed E-state index contributed by atoms with van der Waals surface area (Å²) in [6.45, 7) is 0. The van der Waals surface area contributed by atoms with Gasteiger partial charge in [0.05, 0.1) is 0 Å². The van der Waals surface area contributed by atoms with Crippen LogP contribution in [0.3, 0.4) is 0 Å². The summed E-state index contributed by atoms with van der Waals surface area (Å²) in [6.07, 6.45) is 2.12. The van der Waals surface area contributed by atoms with Crippen LogP contribution in [0.2, 0.25) is 0 Å². The molecule has 0 fully saturated rings. The number of aryl methyl sites for hydroxylation is 1. The predicted octanol–water partition coefficient (Wildman–Crippen LogP) is 3.96. The maximum Gasteiger partial charge on any atom is 0.221 e. The standard InChI is InChI=1S/C16H13ClO/c17-16(18)9-8-11-5-3-7-14-13-6-2-1-4-12(13)10-15(11)14/h1-7H,8-10H2. The van der Waals surface area contributed by atoms with Gasteiger partial charge in [-0.1, -0.05) is 42.5 Å². The van der Waals surface area contributed by atoms with Crippen molar-refractivity contribution in [3.05, 3.63) is 59.2 Å². The van der Waals surface area contributed by atoms with Gasteiger partial charge in [0, 0.05) is 6.42 Å². The first kappa shape index (κ1) is 11.5. The Labute approximate surface area is 111 Å². The molecule has 0 N–H and O–H groups in total. The Morgan fingerprint density at radius 3 is 2.67 bits per heavy atom. The van der Waals surface area contributed by atoms with E-state index in [9.17, 15) is 4.79 Å². The molecule has 1 aliphatic carbocycles. The molecule has 0 radical (unpaired) electrons. The monoisotopic (exact) mass is 256 g/mol. The molecule has 2 aromatic rings. The zero-order chi connectivity index (χ0) is 12.5. The van der Waals surface area contributed by atoms with Gasteiger partial charge in [0.2, 0.25) is 5.24 Å². The maximum atomic E-state index is 10.9. The van der Waals surface area contributed by atoms with Gasteiger partial charge in [-0.05, 0) is 52.3 Å². The molecule has 0 spiro atoms. The van der Waals surface area contributed by atoms with E-state index in [4.69, 9.17) is 11.6 Å². The van der Waals surface area contributed by atoms with Crippen LogP contribution < -0.4 is 0 Å². The quantitative estimate of drug-likeness (QED) is 0.649. The number of carbonyl (C=O) groups excluding carboxylic acids is 1. The average molecular weight is 257 g/mol. The van der Waals surface area contributed by atoms with E-state index in [1.54, 1.807) is 0 Å². The summed E-state index contributed by atoms with van der Waals surface area (Å²) in [7, 11) is 0. The Balaban J connectivity index is 2.00. The summed E-state index contributed by atoms with van der Waals surface area (Å²) < 4.78 is 0. The molecular weight excluding hydrogens is 244 g/mol. The van der Waals surface area contributed by atoms with Crippen molar-refractivity contribution in [1.82, 2.24) is 0 Å². The molecule has 0 aliphatic heterocycles. The molecule has 2 aromatic carbocycles. The van der Waals surface area contributed by atoms with Crippen molar-refractivity contribution >= 4 is 16.8 Å². The van der Waals surface area contributed by atoms with E-state index in [0.29, 0.717) is 6.42 Å². The van der Waals surface area contributed by atoms with Crippen molar-refractivity contribution in [2.75, 3.05) is 0 Å². The van der Waals surface area contributed by atoms with E-state index < -0.39 is 0 Å². The van der Waals surface area contributed by atoms with Crippen molar-refractivity contribution in [2.24, 2.45) is 0 Å². The van der Waals surface area contributed by atoms with Gasteiger partial charge in [0.15, 0.2) is 0 Å². The van der Waals surface area contributed by atoms with Gasteiger partial charge in [-0.15, -0.1) is 0 Å². The summed E-state index contributed by atoms with van der Waals surface area (Å²) in [4.78, 5) is 10.9. The highest BCUT2D eigenvalue weighted by Crippen LogP contribution is 2.38. The van der Waals surface area contributed by atoms with Crippen molar-refractivity contribution in [1.29, 1.82) is 0 Å². The first-order valence-corrected chi connectivity index (χ1v) is 6.51. The minimum atomic E-state index is -0.261. The van der Waals surface area contributed by atoms with E-state index >= 15 is 0 Å². The van der Waals surface area contributed by atoms with Crippen LogP contribution in [0.4, 0.5) is 0 Å². The Morgan fingerprint density at radius 1 is 1.06 bits per heavy atom. The topological polar surface area (TPSA) is 17.1 Å². The number of halogens is 1. The molecular formula is C16H13ClO. The van der Waals surface area contributed by atoms with E-state index in [1.165, 1.54) is 27.8 Å². The van der Waals surface area contributed by atoms with Gasteiger partial charge in [0.25, 0.3) is 0 Å². The normalized spacial score (nSPS) is 12.1. The zero-order valence-electron chi connectivity index (χ0n) is 9.95. The lowest BCUT2D eigenvalue weighted by molar-refractivity contribution is -0.111. The third-order valence-electron chi connectivity index (χ3n) is 3.54. The molecule has 0 amide bonds. The lowest BCUT2D eigenvalue weighted by Gasteiger charge is -2.07. The summed E-state index contributed by atoms with van der Waals surface area (Å²) in [5.74, 6) is 0. The summed E-state index contributed by atoms with van der Waals surface area (Å²) in [5.41, 5.74) is 6.61. The molecule has 18 heavy (non-hydrogen) atoms. The maximum absolute atomic E-state index is 10.9. The average Bonchev–Trinajstić information content (AvgIpc) is 2.75. The third-order valence-corrected chi connectivity index (χ3v) is 3.73. The molecule has 0 bridgehead atoms.